The van der Waals surface area contributed by atoms with Crippen LogP contribution in [0.4, 0.5) is 0 Å². The van der Waals surface area contributed by atoms with E-state index < -0.39 is 5.97 Å². The van der Waals surface area contributed by atoms with E-state index in [0.717, 1.165) is 12.8 Å². The Morgan fingerprint density at radius 3 is 1.25 bits per heavy atom. The number of unbranched alkanes of at least 4 members (excludes halogenated alkanes) is 13. The Hall–Kier alpha value is 1.11. The molecule has 0 spiro atoms. The molecule has 0 saturated heterocycles. The van der Waals surface area contributed by atoms with E-state index in [1.165, 1.54) is 77.0 Å². The van der Waals surface area contributed by atoms with Crippen molar-refractivity contribution in [3.8, 4) is 0 Å². The van der Waals surface area contributed by atoms with Gasteiger partial charge in [-0.1, -0.05) is 90.4 Å². The van der Waals surface area contributed by atoms with Crippen molar-refractivity contribution >= 4 is 5.97 Å². The molecule has 0 aliphatic heterocycles. The summed E-state index contributed by atoms with van der Waals surface area (Å²) in [5.41, 5.74) is 0. The molecule has 0 amide bonds. The zero-order valence-electron chi connectivity index (χ0n) is 13.9. The molecule has 0 aromatic rings. The van der Waals surface area contributed by atoms with Crippen LogP contribution in [0.1, 0.15) is 103 Å². The molecule has 2 nitrogen and oxygen atoms in total. The van der Waals surface area contributed by atoms with E-state index in [1.807, 2.05) is 0 Å². The molecule has 0 heterocycles. The number of hydrogen-bond acceptors (Lipinski definition) is 2. The van der Waals surface area contributed by atoms with Crippen molar-refractivity contribution in [1.82, 2.24) is 0 Å². The third-order valence-corrected chi connectivity index (χ3v) is 3.73. The fourth-order valence-corrected chi connectivity index (χ4v) is 2.46. The Morgan fingerprint density at radius 1 is 0.650 bits per heavy atom. The summed E-state index contributed by atoms with van der Waals surface area (Å²) in [6, 6.07) is 0. The summed E-state index contributed by atoms with van der Waals surface area (Å²) in [4.78, 5) is 10.2. The predicted molar refractivity (Wildman–Crippen MR) is 79.9 cm³/mol. The summed E-state index contributed by atoms with van der Waals surface area (Å²) in [6.07, 6.45) is 18.4. The minimum Gasteiger partial charge on any atom is -0.550 e. The van der Waals surface area contributed by atoms with Crippen LogP contribution < -0.4 is 56.5 Å². The summed E-state index contributed by atoms with van der Waals surface area (Å²) >= 11 is 0. The topological polar surface area (TPSA) is 40.1 Å². The quantitative estimate of drug-likeness (QED) is 0.341. The molecule has 0 aliphatic carbocycles. The van der Waals surface area contributed by atoms with E-state index in [1.54, 1.807) is 0 Å². The summed E-state index contributed by atoms with van der Waals surface area (Å²) in [5.74, 6) is -0.904. The monoisotopic (exact) mass is 308 g/mol. The van der Waals surface area contributed by atoms with Gasteiger partial charge in [0.05, 0.1) is 0 Å². The van der Waals surface area contributed by atoms with Gasteiger partial charge in [0.25, 0.3) is 0 Å². The third-order valence-electron chi connectivity index (χ3n) is 3.73. The van der Waals surface area contributed by atoms with Crippen LogP contribution in [-0.2, 0) is 4.79 Å². The number of carboxylic acid groups (broad SMARTS) is 1. The van der Waals surface area contributed by atoms with E-state index in [-0.39, 0.29) is 57.8 Å². The smallest absolute Gasteiger partial charge is 0.550 e. The third kappa shape index (κ3) is 21.4. The summed E-state index contributed by atoms with van der Waals surface area (Å²) < 4.78 is 0. The number of carboxylic acids is 1. The molecule has 0 unspecified atom stereocenters. The van der Waals surface area contributed by atoms with E-state index >= 15 is 0 Å². The molecule has 0 saturated carbocycles. The summed E-state index contributed by atoms with van der Waals surface area (Å²) in [6.45, 7) is 2.26. The maximum Gasteiger partial charge on any atom is 1.00 e. The van der Waals surface area contributed by atoms with Crippen molar-refractivity contribution < 1.29 is 61.3 Å². The Balaban J connectivity index is 0. The standard InChI is InChI=1S/C17H34O2.K/c1-2-3-4-5-6-7-8-9-10-11-12-13-14-15-16-17(18)19;/h2-16H2,1H3,(H,18,19);/q;+1/p-1. The van der Waals surface area contributed by atoms with Gasteiger partial charge in [0.1, 0.15) is 0 Å². The van der Waals surface area contributed by atoms with Crippen LogP contribution in [0.3, 0.4) is 0 Å². The number of carbonyl (C=O) groups is 1. The van der Waals surface area contributed by atoms with E-state index in [0.29, 0.717) is 0 Å². The first-order valence-corrected chi connectivity index (χ1v) is 8.47. The molecule has 114 valence electrons. The van der Waals surface area contributed by atoms with Gasteiger partial charge in [0.15, 0.2) is 0 Å². The van der Waals surface area contributed by atoms with Crippen molar-refractivity contribution in [3.05, 3.63) is 0 Å². The minimum absolute atomic E-state index is 0. The molecule has 0 aromatic carbocycles. The SMILES string of the molecule is CCCCCCCCCCCCCCCCC(=O)[O-].[K+]. The number of hydrogen-bond donors (Lipinski definition) is 0. The van der Waals surface area contributed by atoms with Crippen molar-refractivity contribution in [3.63, 3.8) is 0 Å². The molecular weight excluding hydrogens is 275 g/mol. The van der Waals surface area contributed by atoms with Crippen LogP contribution in [0.2, 0.25) is 0 Å². The van der Waals surface area contributed by atoms with Gasteiger partial charge >= 0.3 is 51.4 Å². The minimum atomic E-state index is -0.904. The first-order valence-electron chi connectivity index (χ1n) is 8.47. The fourth-order valence-electron chi connectivity index (χ4n) is 2.46. The van der Waals surface area contributed by atoms with Crippen LogP contribution >= 0.6 is 0 Å². The van der Waals surface area contributed by atoms with E-state index in [4.69, 9.17) is 0 Å². The largest absolute Gasteiger partial charge is 1.00 e. The van der Waals surface area contributed by atoms with Crippen molar-refractivity contribution in [2.75, 3.05) is 0 Å². The Kier molecular flexibility index (Phi) is 23.5. The zero-order chi connectivity index (χ0) is 14.2. The molecular formula is C17H33KO2. The van der Waals surface area contributed by atoms with Gasteiger partial charge in [0, 0.05) is 5.97 Å². The Bertz CT molecular complexity index is 195. The molecule has 0 bridgehead atoms. The van der Waals surface area contributed by atoms with Gasteiger partial charge in [-0.3, -0.25) is 0 Å². The van der Waals surface area contributed by atoms with Crippen molar-refractivity contribution in [1.29, 1.82) is 0 Å². The van der Waals surface area contributed by atoms with E-state index in [9.17, 15) is 9.90 Å². The molecule has 0 fully saturated rings. The maximum absolute atomic E-state index is 10.2. The summed E-state index contributed by atoms with van der Waals surface area (Å²) in [5, 5.41) is 10.2. The van der Waals surface area contributed by atoms with Crippen LogP contribution in [0.25, 0.3) is 0 Å². The average molecular weight is 309 g/mol. The van der Waals surface area contributed by atoms with Gasteiger partial charge < -0.3 is 9.90 Å². The Morgan fingerprint density at radius 2 is 0.950 bits per heavy atom. The zero-order valence-corrected chi connectivity index (χ0v) is 17.0. The van der Waals surface area contributed by atoms with Crippen molar-refractivity contribution in [2.45, 2.75) is 103 Å². The normalized spacial score (nSPS) is 10.2. The molecule has 20 heavy (non-hydrogen) atoms. The predicted octanol–water partition coefficient (Wildman–Crippen LogP) is 1.61. The van der Waals surface area contributed by atoms with Gasteiger partial charge in [-0.25, -0.2) is 0 Å². The number of rotatable bonds is 15. The van der Waals surface area contributed by atoms with Crippen LogP contribution in [0, 0.1) is 0 Å². The summed E-state index contributed by atoms with van der Waals surface area (Å²) in [7, 11) is 0. The average Bonchev–Trinajstić information content (AvgIpc) is 2.39. The molecule has 0 atom stereocenters. The second-order valence-electron chi connectivity index (χ2n) is 5.72. The number of aliphatic carboxylic acids is 1. The van der Waals surface area contributed by atoms with Crippen LogP contribution in [0.15, 0.2) is 0 Å². The Labute approximate surface area is 168 Å². The first-order chi connectivity index (χ1) is 9.27. The molecule has 0 aliphatic rings. The molecule has 0 radical (unpaired) electrons. The van der Waals surface area contributed by atoms with Gasteiger partial charge in [0.2, 0.25) is 0 Å². The van der Waals surface area contributed by atoms with Gasteiger partial charge in [-0.15, -0.1) is 0 Å². The second kappa shape index (κ2) is 20.1. The van der Waals surface area contributed by atoms with Crippen LogP contribution in [-0.4, -0.2) is 5.97 Å². The van der Waals surface area contributed by atoms with Crippen LogP contribution in [0.5, 0.6) is 0 Å². The first kappa shape index (κ1) is 23.4. The molecule has 0 rings (SSSR count). The molecule has 0 aromatic heterocycles. The molecule has 3 heteroatoms. The van der Waals surface area contributed by atoms with E-state index in [2.05, 4.69) is 6.92 Å². The second-order valence-corrected chi connectivity index (χ2v) is 5.72. The maximum atomic E-state index is 10.2. The fraction of sp³-hybridized carbons (Fsp3) is 0.941. The molecule has 0 N–H and O–H groups in total. The van der Waals surface area contributed by atoms with Gasteiger partial charge in [-0.2, -0.15) is 0 Å². The van der Waals surface area contributed by atoms with Crippen molar-refractivity contribution in [2.24, 2.45) is 0 Å². The number of carbonyl (C=O) groups excluding carboxylic acids is 1. The van der Waals surface area contributed by atoms with Gasteiger partial charge in [-0.05, 0) is 12.8 Å².